The summed E-state index contributed by atoms with van der Waals surface area (Å²) in [6.07, 6.45) is 3.18. The van der Waals surface area contributed by atoms with Crippen molar-refractivity contribution in [2.45, 2.75) is 25.8 Å². The highest BCUT2D eigenvalue weighted by Crippen LogP contribution is 2.21. The van der Waals surface area contributed by atoms with Crippen LogP contribution in [-0.4, -0.2) is 50.3 Å². The van der Waals surface area contributed by atoms with Crippen LogP contribution in [0.2, 0.25) is 0 Å². The summed E-state index contributed by atoms with van der Waals surface area (Å²) in [6, 6.07) is 7.01. The molecule has 7 heteroatoms. The molecule has 2 aromatic rings. The molecule has 1 aromatic carbocycles. The number of ether oxygens (including phenoxy) is 1. The van der Waals surface area contributed by atoms with Crippen LogP contribution in [-0.2, 0) is 11.3 Å². The second kappa shape index (κ2) is 8.10. The summed E-state index contributed by atoms with van der Waals surface area (Å²) in [7, 11) is 0. The predicted octanol–water partition coefficient (Wildman–Crippen LogP) is 1.23. The van der Waals surface area contributed by atoms with Gasteiger partial charge in [0.15, 0.2) is 0 Å². The Bertz CT molecular complexity index is 867. The SMILES string of the molecule is O=C(Nc1oc2ccccc2c(=O)c1C[NH+]1CCOCC1)N1CCCCC1. The van der Waals surface area contributed by atoms with Crippen LogP contribution in [0.3, 0.4) is 0 Å². The highest BCUT2D eigenvalue weighted by Gasteiger charge is 2.24. The van der Waals surface area contributed by atoms with E-state index in [1.807, 2.05) is 12.1 Å². The molecular formula is C20H26N3O4+. The number of fused-ring (bicyclic) bond motifs is 1. The molecule has 0 aliphatic carbocycles. The molecule has 2 saturated heterocycles. The summed E-state index contributed by atoms with van der Waals surface area (Å²) in [5.74, 6) is 0.285. The van der Waals surface area contributed by atoms with Crippen molar-refractivity contribution in [3.05, 3.63) is 40.1 Å². The van der Waals surface area contributed by atoms with Gasteiger partial charge in [0.05, 0.1) is 18.6 Å². The minimum atomic E-state index is -0.189. The van der Waals surface area contributed by atoms with E-state index in [1.165, 1.54) is 4.90 Å². The summed E-state index contributed by atoms with van der Waals surface area (Å²) in [5.41, 5.74) is 0.970. The van der Waals surface area contributed by atoms with Gasteiger partial charge in [-0.2, -0.15) is 0 Å². The molecule has 0 saturated carbocycles. The van der Waals surface area contributed by atoms with Crippen LogP contribution in [0, 0.1) is 0 Å². The number of quaternary nitrogens is 1. The quantitative estimate of drug-likeness (QED) is 0.850. The number of para-hydroxylation sites is 1. The van der Waals surface area contributed by atoms with E-state index < -0.39 is 0 Å². The van der Waals surface area contributed by atoms with Crippen LogP contribution in [0.5, 0.6) is 0 Å². The van der Waals surface area contributed by atoms with Crippen molar-refractivity contribution in [1.29, 1.82) is 0 Å². The maximum atomic E-state index is 13.1. The van der Waals surface area contributed by atoms with Crippen LogP contribution in [0.1, 0.15) is 24.8 Å². The topological polar surface area (TPSA) is 76.2 Å². The van der Waals surface area contributed by atoms with E-state index in [9.17, 15) is 9.59 Å². The lowest BCUT2D eigenvalue weighted by atomic mass is 10.1. The summed E-state index contributed by atoms with van der Waals surface area (Å²) >= 11 is 0. The van der Waals surface area contributed by atoms with Crippen LogP contribution in [0.4, 0.5) is 10.7 Å². The fraction of sp³-hybridized carbons (Fsp3) is 0.500. The van der Waals surface area contributed by atoms with Gasteiger partial charge in [0, 0.05) is 13.1 Å². The smallest absolute Gasteiger partial charge is 0.324 e. The van der Waals surface area contributed by atoms with Crippen molar-refractivity contribution < 1.29 is 18.8 Å². The van der Waals surface area contributed by atoms with Crippen LogP contribution in [0.25, 0.3) is 11.0 Å². The Morgan fingerprint density at radius 1 is 1.11 bits per heavy atom. The second-order valence-electron chi connectivity index (χ2n) is 7.25. The fourth-order valence-corrected chi connectivity index (χ4v) is 3.80. The lowest BCUT2D eigenvalue weighted by Crippen LogP contribution is -3.13. The van der Waals surface area contributed by atoms with Gasteiger partial charge >= 0.3 is 6.03 Å². The number of piperidine rings is 1. The standard InChI is InChI=1S/C20H25N3O4/c24-18-15-6-2-3-7-17(15)27-19(16(18)14-22-10-12-26-13-11-22)21-20(25)23-8-4-1-5-9-23/h2-3,6-7H,1,4-5,8-14H2,(H,21,25)/p+1. The van der Waals surface area contributed by atoms with Gasteiger partial charge < -0.3 is 19.0 Å². The number of anilines is 1. The normalized spacial score (nSPS) is 18.6. The third-order valence-electron chi connectivity index (χ3n) is 5.38. The first-order valence-corrected chi connectivity index (χ1v) is 9.74. The molecule has 2 aliphatic rings. The Hall–Kier alpha value is -2.38. The molecule has 4 rings (SSSR count). The van der Waals surface area contributed by atoms with E-state index in [0.29, 0.717) is 36.3 Å². The zero-order valence-corrected chi connectivity index (χ0v) is 15.5. The summed E-state index contributed by atoms with van der Waals surface area (Å²) in [4.78, 5) is 28.9. The fourth-order valence-electron chi connectivity index (χ4n) is 3.80. The molecule has 0 unspecified atom stereocenters. The Balaban J connectivity index is 1.66. The van der Waals surface area contributed by atoms with Gasteiger partial charge in [-0.1, -0.05) is 12.1 Å². The van der Waals surface area contributed by atoms with Crippen LogP contribution in [0.15, 0.2) is 33.5 Å². The van der Waals surface area contributed by atoms with E-state index >= 15 is 0 Å². The number of likely N-dealkylation sites (tertiary alicyclic amines) is 1. The number of benzene rings is 1. The number of hydrogen-bond donors (Lipinski definition) is 2. The van der Waals surface area contributed by atoms with Crippen molar-refractivity contribution in [2.75, 3.05) is 44.7 Å². The van der Waals surface area contributed by atoms with Crippen molar-refractivity contribution in [2.24, 2.45) is 0 Å². The number of carbonyl (C=O) groups excluding carboxylic acids is 1. The number of hydrogen-bond acceptors (Lipinski definition) is 4. The lowest BCUT2D eigenvalue weighted by Gasteiger charge is -2.27. The molecule has 2 amide bonds. The molecule has 3 heterocycles. The van der Waals surface area contributed by atoms with Gasteiger partial charge in [-0.25, -0.2) is 4.79 Å². The summed E-state index contributed by atoms with van der Waals surface area (Å²) in [5, 5.41) is 3.43. The molecule has 0 bridgehead atoms. The zero-order chi connectivity index (χ0) is 18.6. The first-order valence-electron chi connectivity index (χ1n) is 9.74. The summed E-state index contributed by atoms with van der Waals surface area (Å²) in [6.45, 7) is 5.05. The van der Waals surface area contributed by atoms with E-state index in [1.54, 1.807) is 17.0 Å². The number of urea groups is 1. The molecular weight excluding hydrogens is 346 g/mol. The minimum absolute atomic E-state index is 0.0650. The molecule has 2 N–H and O–H groups in total. The first kappa shape index (κ1) is 18.0. The number of rotatable bonds is 3. The largest absolute Gasteiger partial charge is 0.439 e. The molecule has 0 radical (unpaired) electrons. The maximum absolute atomic E-state index is 13.1. The molecule has 2 fully saturated rings. The van der Waals surface area contributed by atoms with E-state index in [2.05, 4.69) is 5.32 Å². The van der Waals surface area contributed by atoms with Crippen molar-refractivity contribution in [3.8, 4) is 0 Å². The Morgan fingerprint density at radius 2 is 1.85 bits per heavy atom. The van der Waals surface area contributed by atoms with Gasteiger partial charge in [-0.15, -0.1) is 0 Å². The number of morpholine rings is 1. The van der Waals surface area contributed by atoms with Crippen LogP contribution >= 0.6 is 0 Å². The average molecular weight is 372 g/mol. The molecule has 2 aliphatic heterocycles. The van der Waals surface area contributed by atoms with Crippen LogP contribution < -0.4 is 15.6 Å². The van der Waals surface area contributed by atoms with Gasteiger partial charge in [0.2, 0.25) is 11.3 Å². The average Bonchev–Trinajstić information content (AvgIpc) is 2.72. The molecule has 1 aromatic heterocycles. The molecule has 27 heavy (non-hydrogen) atoms. The Morgan fingerprint density at radius 3 is 2.63 bits per heavy atom. The molecule has 0 spiro atoms. The lowest BCUT2D eigenvalue weighted by molar-refractivity contribution is -0.921. The van der Waals surface area contributed by atoms with Gasteiger partial charge in [0.1, 0.15) is 30.8 Å². The number of nitrogens with zero attached hydrogens (tertiary/aromatic N) is 1. The third-order valence-corrected chi connectivity index (χ3v) is 5.38. The number of amides is 2. The predicted molar refractivity (Wildman–Crippen MR) is 102 cm³/mol. The van der Waals surface area contributed by atoms with Crippen molar-refractivity contribution in [1.82, 2.24) is 4.90 Å². The Kier molecular flexibility index (Phi) is 5.40. The second-order valence-corrected chi connectivity index (χ2v) is 7.25. The van der Waals surface area contributed by atoms with Gasteiger partial charge in [-0.3, -0.25) is 10.1 Å². The highest BCUT2D eigenvalue weighted by molar-refractivity contribution is 5.90. The van der Waals surface area contributed by atoms with Gasteiger partial charge in [0.25, 0.3) is 0 Å². The van der Waals surface area contributed by atoms with E-state index in [-0.39, 0.29) is 17.3 Å². The molecule has 144 valence electrons. The van der Waals surface area contributed by atoms with E-state index in [4.69, 9.17) is 9.15 Å². The summed E-state index contributed by atoms with van der Waals surface area (Å²) < 4.78 is 11.4. The molecule has 0 atom stereocenters. The van der Waals surface area contributed by atoms with Crippen molar-refractivity contribution in [3.63, 3.8) is 0 Å². The van der Waals surface area contributed by atoms with Gasteiger partial charge in [-0.05, 0) is 31.4 Å². The van der Waals surface area contributed by atoms with E-state index in [0.717, 1.165) is 45.4 Å². The van der Waals surface area contributed by atoms with Crippen molar-refractivity contribution >= 4 is 22.9 Å². The number of carbonyl (C=O) groups is 1. The zero-order valence-electron chi connectivity index (χ0n) is 15.5. The third kappa shape index (κ3) is 3.99. The maximum Gasteiger partial charge on any atom is 0.324 e. The monoisotopic (exact) mass is 372 g/mol. The number of nitrogens with one attached hydrogen (secondary N) is 2. The highest BCUT2D eigenvalue weighted by atomic mass is 16.5. The Labute approximate surface area is 157 Å². The molecule has 7 nitrogen and oxygen atoms in total. The first-order chi connectivity index (χ1) is 13.2. The minimum Gasteiger partial charge on any atom is -0.439 e.